The van der Waals surface area contributed by atoms with E-state index in [0.717, 1.165) is 9.86 Å². The van der Waals surface area contributed by atoms with Crippen LogP contribution < -0.4 is 0 Å². The second-order valence-corrected chi connectivity index (χ2v) is 3.05. The highest BCUT2D eigenvalue weighted by atomic mass is 79.9. The number of H-pyrrole nitrogens is 1. The maximum absolute atomic E-state index is 8.70. The number of nitriles is 1. The Morgan fingerprint density at radius 1 is 1.50 bits per heavy atom. The number of nitrogens with zero attached hydrogens (tertiary/aromatic N) is 3. The number of hydrogen-bond acceptors (Lipinski definition) is 3. The van der Waals surface area contributed by atoms with Crippen molar-refractivity contribution in [3.05, 3.63) is 22.7 Å². The standard InChI is InChI=1S/C7H3BrN4/c8-4-2-10-7-6(4)5(1-9)11-3-12-7/h2-3H,(H,10,11,12). The molecule has 0 unspecified atom stereocenters. The first-order valence-corrected chi connectivity index (χ1v) is 4.00. The summed E-state index contributed by atoms with van der Waals surface area (Å²) in [5.41, 5.74) is 1.06. The number of aromatic amines is 1. The smallest absolute Gasteiger partial charge is 0.154 e. The van der Waals surface area contributed by atoms with Gasteiger partial charge in [-0.15, -0.1) is 0 Å². The molecule has 0 aliphatic rings. The predicted molar refractivity (Wildman–Crippen MR) is 46.3 cm³/mol. The topological polar surface area (TPSA) is 65.4 Å². The molecule has 0 aromatic carbocycles. The Morgan fingerprint density at radius 2 is 2.33 bits per heavy atom. The number of halogens is 1. The first-order valence-electron chi connectivity index (χ1n) is 3.20. The fourth-order valence-electron chi connectivity index (χ4n) is 1.01. The van der Waals surface area contributed by atoms with E-state index in [4.69, 9.17) is 5.26 Å². The van der Waals surface area contributed by atoms with Gasteiger partial charge in [-0.2, -0.15) is 5.26 Å². The first kappa shape index (κ1) is 7.25. The second kappa shape index (κ2) is 2.57. The molecule has 0 radical (unpaired) electrons. The van der Waals surface area contributed by atoms with Crippen LogP contribution in [-0.2, 0) is 0 Å². The lowest BCUT2D eigenvalue weighted by Crippen LogP contribution is -1.85. The Balaban J connectivity index is 2.96. The summed E-state index contributed by atoms with van der Waals surface area (Å²) in [4.78, 5) is 10.7. The van der Waals surface area contributed by atoms with Gasteiger partial charge < -0.3 is 4.98 Å². The van der Waals surface area contributed by atoms with Gasteiger partial charge in [-0.25, -0.2) is 9.97 Å². The molecule has 5 heteroatoms. The minimum atomic E-state index is 0.383. The van der Waals surface area contributed by atoms with Crippen LogP contribution in [0.2, 0.25) is 0 Å². The summed E-state index contributed by atoms with van der Waals surface area (Å²) in [6, 6.07) is 2.00. The average molecular weight is 223 g/mol. The molecule has 0 bridgehead atoms. The van der Waals surface area contributed by atoms with Crippen LogP contribution in [0.5, 0.6) is 0 Å². The van der Waals surface area contributed by atoms with E-state index in [1.54, 1.807) is 6.20 Å². The van der Waals surface area contributed by atoms with Gasteiger partial charge in [0.15, 0.2) is 5.69 Å². The molecule has 0 aliphatic carbocycles. The van der Waals surface area contributed by atoms with E-state index in [-0.39, 0.29) is 0 Å². The lowest BCUT2D eigenvalue weighted by Gasteiger charge is -1.90. The van der Waals surface area contributed by atoms with Crippen LogP contribution >= 0.6 is 15.9 Å². The summed E-state index contributed by atoms with van der Waals surface area (Å²) >= 11 is 3.30. The molecule has 2 rings (SSSR count). The molecule has 0 saturated carbocycles. The zero-order chi connectivity index (χ0) is 8.55. The quantitative estimate of drug-likeness (QED) is 0.737. The molecule has 0 fully saturated rings. The summed E-state index contributed by atoms with van der Waals surface area (Å²) in [6.45, 7) is 0. The summed E-state index contributed by atoms with van der Waals surface area (Å²) < 4.78 is 0.814. The van der Waals surface area contributed by atoms with E-state index in [0.29, 0.717) is 11.3 Å². The molecular weight excluding hydrogens is 220 g/mol. The van der Waals surface area contributed by atoms with E-state index in [1.807, 2.05) is 6.07 Å². The van der Waals surface area contributed by atoms with E-state index >= 15 is 0 Å². The second-order valence-electron chi connectivity index (χ2n) is 2.19. The molecule has 2 aromatic heterocycles. The van der Waals surface area contributed by atoms with Crippen molar-refractivity contribution in [2.24, 2.45) is 0 Å². The third-order valence-corrected chi connectivity index (χ3v) is 2.15. The van der Waals surface area contributed by atoms with Crippen molar-refractivity contribution in [2.75, 3.05) is 0 Å². The lowest BCUT2D eigenvalue weighted by atomic mass is 10.3. The Labute approximate surface area is 76.4 Å². The molecular formula is C7H3BrN4. The Morgan fingerprint density at radius 3 is 3.08 bits per heavy atom. The van der Waals surface area contributed by atoms with Gasteiger partial charge in [0.1, 0.15) is 18.0 Å². The lowest BCUT2D eigenvalue weighted by molar-refractivity contribution is 1.17. The summed E-state index contributed by atoms with van der Waals surface area (Å²) in [6.07, 6.45) is 3.10. The highest BCUT2D eigenvalue weighted by Crippen LogP contribution is 2.23. The van der Waals surface area contributed by atoms with Gasteiger partial charge in [0.2, 0.25) is 0 Å². The van der Waals surface area contributed by atoms with Gasteiger partial charge in [0.05, 0.1) is 5.39 Å². The minimum absolute atomic E-state index is 0.383. The summed E-state index contributed by atoms with van der Waals surface area (Å²) in [5, 5.41) is 9.44. The normalized spacial score (nSPS) is 10.0. The monoisotopic (exact) mass is 222 g/mol. The van der Waals surface area contributed by atoms with Gasteiger partial charge in [0.25, 0.3) is 0 Å². The van der Waals surface area contributed by atoms with E-state index < -0.39 is 0 Å². The van der Waals surface area contributed by atoms with Gasteiger partial charge in [0, 0.05) is 10.7 Å². The van der Waals surface area contributed by atoms with Crippen molar-refractivity contribution in [1.29, 1.82) is 5.26 Å². The van der Waals surface area contributed by atoms with Gasteiger partial charge in [-0.05, 0) is 15.9 Å². The highest BCUT2D eigenvalue weighted by molar-refractivity contribution is 9.10. The Hall–Kier alpha value is -1.41. The number of fused-ring (bicyclic) bond motifs is 1. The van der Waals surface area contributed by atoms with E-state index in [9.17, 15) is 0 Å². The fourth-order valence-corrected chi connectivity index (χ4v) is 1.50. The van der Waals surface area contributed by atoms with Crippen molar-refractivity contribution >= 4 is 27.0 Å². The van der Waals surface area contributed by atoms with E-state index in [1.165, 1.54) is 6.33 Å². The molecule has 1 N–H and O–H groups in total. The maximum atomic E-state index is 8.70. The zero-order valence-corrected chi connectivity index (χ0v) is 7.46. The summed E-state index contributed by atoms with van der Waals surface area (Å²) in [7, 11) is 0. The molecule has 0 aliphatic heterocycles. The van der Waals surface area contributed by atoms with E-state index in [2.05, 4.69) is 30.9 Å². The van der Waals surface area contributed by atoms with Gasteiger partial charge >= 0.3 is 0 Å². The number of nitrogens with one attached hydrogen (secondary N) is 1. The average Bonchev–Trinajstić information content (AvgIpc) is 2.48. The molecule has 2 heterocycles. The largest absolute Gasteiger partial charge is 0.345 e. The van der Waals surface area contributed by atoms with Crippen LogP contribution in [0.25, 0.3) is 11.0 Å². The van der Waals surface area contributed by atoms with Gasteiger partial charge in [-0.3, -0.25) is 0 Å². The number of hydrogen-bond donors (Lipinski definition) is 1. The first-order chi connectivity index (χ1) is 5.83. The zero-order valence-electron chi connectivity index (χ0n) is 5.87. The molecule has 0 spiro atoms. The number of rotatable bonds is 0. The molecule has 2 aromatic rings. The molecule has 58 valence electrons. The molecule has 0 saturated heterocycles. The van der Waals surface area contributed by atoms with Crippen molar-refractivity contribution < 1.29 is 0 Å². The van der Waals surface area contributed by atoms with Crippen molar-refractivity contribution in [3.8, 4) is 6.07 Å². The fraction of sp³-hybridized carbons (Fsp3) is 0. The van der Waals surface area contributed by atoms with Crippen LogP contribution in [0.15, 0.2) is 17.0 Å². The minimum Gasteiger partial charge on any atom is -0.345 e. The Kier molecular flexibility index (Phi) is 1.55. The third-order valence-electron chi connectivity index (χ3n) is 1.53. The number of aromatic nitrogens is 3. The maximum Gasteiger partial charge on any atom is 0.154 e. The molecule has 0 atom stereocenters. The Bertz CT molecular complexity index is 468. The molecule has 4 nitrogen and oxygen atoms in total. The van der Waals surface area contributed by atoms with Crippen molar-refractivity contribution in [1.82, 2.24) is 15.0 Å². The van der Waals surface area contributed by atoms with Crippen LogP contribution in [0.3, 0.4) is 0 Å². The van der Waals surface area contributed by atoms with Crippen LogP contribution in [-0.4, -0.2) is 15.0 Å². The van der Waals surface area contributed by atoms with Gasteiger partial charge in [-0.1, -0.05) is 0 Å². The van der Waals surface area contributed by atoms with Crippen molar-refractivity contribution in [3.63, 3.8) is 0 Å². The SMILES string of the molecule is N#Cc1ncnc2[nH]cc(Br)c12. The van der Waals surface area contributed by atoms with Crippen LogP contribution in [0.1, 0.15) is 5.69 Å². The molecule has 12 heavy (non-hydrogen) atoms. The predicted octanol–water partition coefficient (Wildman–Crippen LogP) is 1.59. The molecule has 0 amide bonds. The summed E-state index contributed by atoms with van der Waals surface area (Å²) in [5.74, 6) is 0. The van der Waals surface area contributed by atoms with Crippen molar-refractivity contribution in [2.45, 2.75) is 0 Å². The van der Waals surface area contributed by atoms with Crippen LogP contribution in [0.4, 0.5) is 0 Å². The third kappa shape index (κ3) is 0.889. The van der Waals surface area contributed by atoms with Crippen LogP contribution in [0, 0.1) is 11.3 Å². The highest BCUT2D eigenvalue weighted by Gasteiger charge is 2.07.